The van der Waals surface area contributed by atoms with Crippen LogP contribution >= 0.6 is 0 Å². The molecule has 2 aromatic carbocycles. The van der Waals surface area contributed by atoms with E-state index in [0.717, 1.165) is 62.4 Å². The molecular weight excluding hydrogens is 427 g/mol. The van der Waals surface area contributed by atoms with Crippen LogP contribution in [0.4, 0.5) is 4.39 Å². The summed E-state index contributed by atoms with van der Waals surface area (Å²) in [5.74, 6) is 1.32. The molecule has 0 unspecified atom stereocenters. The van der Waals surface area contributed by atoms with Gasteiger partial charge in [0, 0.05) is 37.9 Å². The van der Waals surface area contributed by atoms with E-state index in [9.17, 15) is 4.39 Å². The summed E-state index contributed by atoms with van der Waals surface area (Å²) >= 11 is 0. The number of methoxy groups -OCH3 is 1. The van der Waals surface area contributed by atoms with Crippen molar-refractivity contribution in [3.8, 4) is 5.75 Å². The largest absolute Gasteiger partial charge is 0.497 e. The molecule has 5 nitrogen and oxygen atoms in total. The molecule has 0 aliphatic carbocycles. The topological polar surface area (TPSA) is 33.5 Å². The quantitative estimate of drug-likeness (QED) is 0.454. The van der Waals surface area contributed by atoms with Crippen LogP contribution in [0.25, 0.3) is 0 Å². The number of hydrogen-bond acceptors (Lipinski definition) is 4. The van der Waals surface area contributed by atoms with E-state index in [1.165, 1.54) is 11.1 Å². The zero-order valence-corrected chi connectivity index (χ0v) is 20.9. The fourth-order valence-electron chi connectivity index (χ4n) is 5.29. The summed E-state index contributed by atoms with van der Waals surface area (Å²) in [4.78, 5) is 4.94. The number of nitrogens with zero attached hydrogens (tertiary/aromatic N) is 4. The molecule has 0 amide bonds. The van der Waals surface area contributed by atoms with Gasteiger partial charge in [0.25, 0.3) is 0 Å². The summed E-state index contributed by atoms with van der Waals surface area (Å²) < 4.78 is 21.9. The molecule has 1 atom stereocenters. The molecule has 0 spiro atoms. The lowest BCUT2D eigenvalue weighted by molar-refractivity contribution is 0.0948. The number of likely N-dealkylation sites (tertiary alicyclic amines) is 1. The van der Waals surface area contributed by atoms with Gasteiger partial charge in [0.1, 0.15) is 11.6 Å². The fourth-order valence-corrected chi connectivity index (χ4v) is 5.29. The molecule has 4 rings (SSSR count). The first kappa shape index (κ1) is 24.4. The van der Waals surface area contributed by atoms with Crippen molar-refractivity contribution in [2.24, 2.45) is 13.0 Å². The third-order valence-electron chi connectivity index (χ3n) is 7.20. The highest BCUT2D eigenvalue weighted by atomic mass is 19.1. The van der Waals surface area contributed by atoms with Crippen molar-refractivity contribution >= 4 is 0 Å². The maximum atomic E-state index is 14.6. The van der Waals surface area contributed by atoms with Crippen LogP contribution in [0, 0.1) is 18.7 Å². The molecule has 1 aliphatic rings. The van der Waals surface area contributed by atoms with Crippen LogP contribution in [-0.4, -0.2) is 52.9 Å². The van der Waals surface area contributed by atoms with Crippen molar-refractivity contribution in [1.82, 2.24) is 19.6 Å². The van der Waals surface area contributed by atoms with Gasteiger partial charge in [0.2, 0.25) is 0 Å². The predicted octanol–water partition coefficient (Wildman–Crippen LogP) is 4.83. The van der Waals surface area contributed by atoms with Crippen molar-refractivity contribution in [3.63, 3.8) is 0 Å². The van der Waals surface area contributed by atoms with E-state index >= 15 is 0 Å². The summed E-state index contributed by atoms with van der Waals surface area (Å²) in [6.07, 6.45) is 5.05. The molecule has 2 heterocycles. The third kappa shape index (κ3) is 6.05. The van der Waals surface area contributed by atoms with Crippen LogP contribution in [0.5, 0.6) is 5.75 Å². The molecular formula is C28H37FN4O. The standard InChI is InChI=1S/C28H37FN4O/c1-21-25(20-32(3)30-21)19-31(2)28(17-24-9-5-6-11-27(24)29)23-12-14-33(15-13-23)18-22-8-7-10-26(16-22)34-4/h5-11,16,20,23,28H,12-15,17-19H2,1-4H3/t28-/m0/s1. The van der Waals surface area contributed by atoms with Gasteiger partial charge < -0.3 is 4.74 Å². The fraction of sp³-hybridized carbons (Fsp3) is 0.464. The number of benzene rings is 2. The van der Waals surface area contributed by atoms with Crippen LogP contribution in [0.3, 0.4) is 0 Å². The molecule has 1 aromatic heterocycles. The Kier molecular flexibility index (Phi) is 8.01. The van der Waals surface area contributed by atoms with Crippen molar-refractivity contribution in [2.75, 3.05) is 27.2 Å². The van der Waals surface area contributed by atoms with Crippen molar-refractivity contribution < 1.29 is 9.13 Å². The smallest absolute Gasteiger partial charge is 0.126 e. The summed E-state index contributed by atoms with van der Waals surface area (Å²) in [6, 6.07) is 15.8. The lowest BCUT2D eigenvalue weighted by Gasteiger charge is -2.40. The van der Waals surface area contributed by atoms with Crippen LogP contribution in [0.15, 0.2) is 54.7 Å². The van der Waals surface area contributed by atoms with Gasteiger partial charge in [-0.3, -0.25) is 14.5 Å². The minimum absolute atomic E-state index is 0.103. The highest BCUT2D eigenvalue weighted by molar-refractivity contribution is 5.28. The first-order chi connectivity index (χ1) is 16.4. The minimum atomic E-state index is -0.103. The molecule has 0 N–H and O–H groups in total. The molecule has 0 radical (unpaired) electrons. The maximum absolute atomic E-state index is 14.6. The second-order valence-corrected chi connectivity index (χ2v) is 9.66. The zero-order valence-electron chi connectivity index (χ0n) is 20.9. The molecule has 3 aromatic rings. The monoisotopic (exact) mass is 464 g/mol. The Bertz CT molecular complexity index is 1070. The van der Waals surface area contributed by atoms with E-state index < -0.39 is 0 Å². The van der Waals surface area contributed by atoms with Crippen LogP contribution in [-0.2, 0) is 26.6 Å². The summed E-state index contributed by atoms with van der Waals surface area (Å²) in [6.45, 7) is 5.92. The van der Waals surface area contributed by atoms with E-state index in [1.807, 2.05) is 29.9 Å². The number of hydrogen-bond donors (Lipinski definition) is 0. The first-order valence-electron chi connectivity index (χ1n) is 12.2. The maximum Gasteiger partial charge on any atom is 0.126 e. The van der Waals surface area contributed by atoms with Gasteiger partial charge in [-0.15, -0.1) is 0 Å². The molecule has 0 bridgehead atoms. The molecule has 182 valence electrons. The second kappa shape index (κ2) is 11.2. The summed E-state index contributed by atoms with van der Waals surface area (Å²) in [7, 11) is 5.86. The number of likely N-dealkylation sites (N-methyl/N-ethyl adjacent to an activating group) is 1. The SMILES string of the molecule is COc1cccc(CN2CCC([C@H](Cc3ccccc3F)N(C)Cc3cn(C)nc3C)CC2)c1. The number of aromatic nitrogens is 2. The Morgan fingerprint density at radius 3 is 2.56 bits per heavy atom. The molecule has 1 aliphatic heterocycles. The van der Waals surface area contributed by atoms with Gasteiger partial charge in [0.05, 0.1) is 12.8 Å². The second-order valence-electron chi connectivity index (χ2n) is 9.66. The minimum Gasteiger partial charge on any atom is -0.497 e. The predicted molar refractivity (Wildman–Crippen MR) is 134 cm³/mol. The zero-order chi connectivity index (χ0) is 24.1. The van der Waals surface area contributed by atoms with Crippen molar-refractivity contribution in [1.29, 1.82) is 0 Å². The van der Waals surface area contributed by atoms with Gasteiger partial charge in [-0.2, -0.15) is 5.10 Å². The van der Waals surface area contributed by atoms with E-state index in [2.05, 4.69) is 53.3 Å². The Hall–Kier alpha value is -2.70. The molecule has 1 saturated heterocycles. The Morgan fingerprint density at radius 1 is 1.12 bits per heavy atom. The van der Waals surface area contributed by atoms with E-state index in [1.54, 1.807) is 19.2 Å². The first-order valence-corrected chi connectivity index (χ1v) is 12.2. The van der Waals surface area contributed by atoms with Gasteiger partial charge in [-0.25, -0.2) is 4.39 Å². The van der Waals surface area contributed by atoms with E-state index in [4.69, 9.17) is 4.74 Å². The average molecular weight is 465 g/mol. The van der Waals surface area contributed by atoms with Crippen molar-refractivity contribution in [3.05, 3.63) is 82.9 Å². The normalized spacial score (nSPS) is 16.2. The number of piperidine rings is 1. The third-order valence-corrected chi connectivity index (χ3v) is 7.20. The average Bonchev–Trinajstić information content (AvgIpc) is 3.15. The van der Waals surface area contributed by atoms with Gasteiger partial charge in [-0.05, 0) is 81.6 Å². The number of rotatable bonds is 9. The van der Waals surface area contributed by atoms with Crippen LogP contribution < -0.4 is 4.74 Å². The molecule has 1 fully saturated rings. The molecule has 6 heteroatoms. The summed E-state index contributed by atoms with van der Waals surface area (Å²) in [5.41, 5.74) is 4.39. The molecule has 34 heavy (non-hydrogen) atoms. The van der Waals surface area contributed by atoms with Gasteiger partial charge in [0.15, 0.2) is 0 Å². The Morgan fingerprint density at radius 2 is 1.88 bits per heavy atom. The Balaban J connectivity index is 1.45. The van der Waals surface area contributed by atoms with Crippen molar-refractivity contribution in [2.45, 2.75) is 45.3 Å². The Labute approximate surface area is 203 Å². The van der Waals surface area contributed by atoms with Crippen LogP contribution in [0.2, 0.25) is 0 Å². The number of aryl methyl sites for hydroxylation is 2. The number of ether oxygens (including phenoxy) is 1. The van der Waals surface area contributed by atoms with E-state index in [0.29, 0.717) is 5.92 Å². The number of halogens is 1. The lowest BCUT2D eigenvalue weighted by Crippen LogP contribution is -2.45. The van der Waals surface area contributed by atoms with E-state index in [-0.39, 0.29) is 11.9 Å². The molecule has 0 saturated carbocycles. The lowest BCUT2D eigenvalue weighted by atomic mass is 9.84. The van der Waals surface area contributed by atoms with Crippen LogP contribution in [0.1, 0.15) is 35.2 Å². The van der Waals surface area contributed by atoms with Gasteiger partial charge in [-0.1, -0.05) is 30.3 Å². The van der Waals surface area contributed by atoms with Gasteiger partial charge >= 0.3 is 0 Å². The summed E-state index contributed by atoms with van der Waals surface area (Å²) in [5, 5.41) is 4.51. The highest BCUT2D eigenvalue weighted by Crippen LogP contribution is 2.29. The highest BCUT2D eigenvalue weighted by Gasteiger charge is 2.30.